The second-order valence-corrected chi connectivity index (χ2v) is 6.84. The largest absolute Gasteiger partial charge is 0.477 e. The van der Waals surface area contributed by atoms with Gasteiger partial charge in [-0.15, -0.1) is 0 Å². The van der Waals surface area contributed by atoms with Gasteiger partial charge in [0.05, 0.1) is 6.61 Å². The Balaban J connectivity index is 2.39. The van der Waals surface area contributed by atoms with E-state index in [4.69, 9.17) is 4.74 Å². The van der Waals surface area contributed by atoms with E-state index >= 15 is 0 Å². The summed E-state index contributed by atoms with van der Waals surface area (Å²) in [4.78, 5) is 4.40. The van der Waals surface area contributed by atoms with Gasteiger partial charge in [-0.2, -0.15) is 0 Å². The van der Waals surface area contributed by atoms with Crippen LogP contribution in [0.5, 0.6) is 5.88 Å². The normalized spacial score (nSPS) is 13.2. The molecule has 1 atom stereocenters. The Morgan fingerprint density at radius 3 is 2.52 bits per heavy atom. The average molecular weight is 292 g/mol. The Hall–Kier alpha value is -1.09. The maximum Gasteiger partial charge on any atom is 0.213 e. The Kier molecular flexibility index (Phi) is 7.73. The molecule has 1 N–H and O–H groups in total. The van der Waals surface area contributed by atoms with Gasteiger partial charge < -0.3 is 10.1 Å². The van der Waals surface area contributed by atoms with Crippen molar-refractivity contribution in [3.63, 3.8) is 0 Å². The number of rotatable bonds is 9. The first-order valence-electron chi connectivity index (χ1n) is 8.27. The highest BCUT2D eigenvalue weighted by atomic mass is 16.5. The monoisotopic (exact) mass is 292 g/mol. The number of nitrogens with zero attached hydrogens (tertiary/aromatic N) is 1. The number of unbranched alkanes of at least 4 members (excludes halogenated alkanes) is 1. The fraction of sp³-hybridized carbons (Fsp3) is 0.722. The molecule has 120 valence electrons. The predicted octanol–water partition coefficient (Wildman–Crippen LogP) is 4.56. The molecule has 1 aromatic rings. The lowest BCUT2D eigenvalue weighted by Crippen LogP contribution is -2.35. The van der Waals surface area contributed by atoms with Crippen LogP contribution in [0.1, 0.15) is 65.9 Å². The molecule has 0 aliphatic heterocycles. The Morgan fingerprint density at radius 2 is 2.00 bits per heavy atom. The fourth-order valence-electron chi connectivity index (χ4n) is 2.07. The smallest absolute Gasteiger partial charge is 0.213 e. The van der Waals surface area contributed by atoms with Crippen molar-refractivity contribution in [2.45, 2.75) is 72.4 Å². The minimum atomic E-state index is 0.128. The molecule has 0 saturated carbocycles. The average Bonchev–Trinajstić information content (AvgIpc) is 2.46. The van der Waals surface area contributed by atoms with Gasteiger partial charge in [0.25, 0.3) is 0 Å². The Labute approximate surface area is 130 Å². The zero-order valence-corrected chi connectivity index (χ0v) is 14.4. The summed E-state index contributed by atoms with van der Waals surface area (Å²) in [6.45, 7) is 12.6. The van der Waals surface area contributed by atoms with E-state index in [1.165, 1.54) is 31.2 Å². The van der Waals surface area contributed by atoms with Gasteiger partial charge in [-0.1, -0.05) is 39.2 Å². The molecule has 0 radical (unpaired) electrons. The lowest BCUT2D eigenvalue weighted by Gasteiger charge is -2.20. The van der Waals surface area contributed by atoms with Crippen molar-refractivity contribution in [3.05, 3.63) is 23.9 Å². The van der Waals surface area contributed by atoms with Gasteiger partial charge in [-0.25, -0.2) is 4.98 Å². The maximum atomic E-state index is 5.82. The van der Waals surface area contributed by atoms with Crippen molar-refractivity contribution >= 4 is 0 Å². The molecule has 1 aromatic heterocycles. The summed E-state index contributed by atoms with van der Waals surface area (Å²) in [7, 11) is 0. The van der Waals surface area contributed by atoms with Crippen LogP contribution in [-0.2, 0) is 6.54 Å². The molecule has 21 heavy (non-hydrogen) atoms. The first-order chi connectivity index (χ1) is 9.94. The van der Waals surface area contributed by atoms with Gasteiger partial charge in [-0.05, 0) is 38.7 Å². The summed E-state index contributed by atoms with van der Waals surface area (Å²) in [5.41, 5.74) is 1.32. The quantitative estimate of drug-likeness (QED) is 0.724. The van der Waals surface area contributed by atoms with E-state index in [0.717, 1.165) is 19.0 Å². The number of pyridine rings is 1. The van der Waals surface area contributed by atoms with Crippen LogP contribution < -0.4 is 10.1 Å². The van der Waals surface area contributed by atoms with Crippen molar-refractivity contribution in [2.24, 2.45) is 5.92 Å². The first-order valence-corrected chi connectivity index (χ1v) is 8.27. The molecule has 0 aromatic carbocycles. The molecule has 0 amide bonds. The summed E-state index contributed by atoms with van der Waals surface area (Å²) in [5, 5.41) is 3.46. The molecular weight excluding hydrogens is 260 g/mol. The molecule has 3 heteroatoms. The van der Waals surface area contributed by atoms with Crippen molar-refractivity contribution in [1.82, 2.24) is 10.3 Å². The molecular formula is C18H32N2O. The third-order valence-corrected chi connectivity index (χ3v) is 3.63. The summed E-state index contributed by atoms with van der Waals surface area (Å²) in [5.74, 6) is 1.39. The molecule has 0 aliphatic carbocycles. The van der Waals surface area contributed by atoms with Crippen LogP contribution in [0.25, 0.3) is 0 Å². The van der Waals surface area contributed by atoms with Crippen LogP contribution in [0, 0.1) is 5.92 Å². The van der Waals surface area contributed by atoms with E-state index < -0.39 is 0 Å². The number of nitrogens with one attached hydrogen (secondary N) is 1. The van der Waals surface area contributed by atoms with E-state index in [1.807, 2.05) is 12.3 Å². The van der Waals surface area contributed by atoms with E-state index in [1.54, 1.807) is 0 Å². The van der Waals surface area contributed by atoms with Crippen LogP contribution >= 0.6 is 0 Å². The van der Waals surface area contributed by atoms with Gasteiger partial charge >= 0.3 is 0 Å². The highest BCUT2D eigenvalue weighted by molar-refractivity contribution is 5.17. The minimum Gasteiger partial charge on any atom is -0.477 e. The van der Waals surface area contributed by atoms with Crippen molar-refractivity contribution < 1.29 is 4.74 Å². The molecule has 0 saturated heterocycles. The van der Waals surface area contributed by atoms with E-state index in [2.05, 4.69) is 51.0 Å². The predicted molar refractivity (Wildman–Crippen MR) is 89.6 cm³/mol. The second kappa shape index (κ2) is 9.04. The molecule has 1 unspecified atom stereocenters. The number of aromatic nitrogens is 1. The zero-order chi connectivity index (χ0) is 15.7. The fourth-order valence-corrected chi connectivity index (χ4v) is 2.07. The van der Waals surface area contributed by atoms with Gasteiger partial charge in [0.1, 0.15) is 0 Å². The Bertz CT molecular complexity index is 381. The van der Waals surface area contributed by atoms with Crippen molar-refractivity contribution in [3.8, 4) is 5.88 Å². The van der Waals surface area contributed by atoms with Gasteiger partial charge in [0, 0.05) is 24.3 Å². The SMILES string of the molecule is CCCCC(CC)COc1ccc(CNC(C)(C)C)cn1. The van der Waals surface area contributed by atoms with Crippen LogP contribution in [0.3, 0.4) is 0 Å². The molecule has 0 aliphatic rings. The van der Waals surface area contributed by atoms with E-state index in [-0.39, 0.29) is 5.54 Å². The second-order valence-electron chi connectivity index (χ2n) is 6.84. The van der Waals surface area contributed by atoms with E-state index in [0.29, 0.717) is 5.92 Å². The highest BCUT2D eigenvalue weighted by Crippen LogP contribution is 2.15. The van der Waals surface area contributed by atoms with Crippen LogP contribution in [0.15, 0.2) is 18.3 Å². The summed E-state index contributed by atoms with van der Waals surface area (Å²) >= 11 is 0. The number of hydrogen-bond donors (Lipinski definition) is 1. The van der Waals surface area contributed by atoms with Crippen molar-refractivity contribution in [2.75, 3.05) is 6.61 Å². The summed E-state index contributed by atoms with van der Waals surface area (Å²) in [6, 6.07) is 4.07. The van der Waals surface area contributed by atoms with Gasteiger partial charge in [-0.3, -0.25) is 0 Å². The van der Waals surface area contributed by atoms with Gasteiger partial charge in [0.15, 0.2) is 0 Å². The lowest BCUT2D eigenvalue weighted by molar-refractivity contribution is 0.226. The lowest BCUT2D eigenvalue weighted by atomic mass is 10.0. The molecule has 1 heterocycles. The zero-order valence-electron chi connectivity index (χ0n) is 14.4. The molecule has 0 bridgehead atoms. The standard InChI is InChI=1S/C18H32N2O/c1-6-8-9-15(7-2)14-21-17-11-10-16(12-19-17)13-20-18(3,4)5/h10-12,15,20H,6-9,13-14H2,1-5H3. The van der Waals surface area contributed by atoms with Crippen LogP contribution in [-0.4, -0.2) is 17.1 Å². The van der Waals surface area contributed by atoms with E-state index in [9.17, 15) is 0 Å². The minimum absolute atomic E-state index is 0.128. The highest BCUT2D eigenvalue weighted by Gasteiger charge is 2.09. The maximum absolute atomic E-state index is 5.82. The summed E-state index contributed by atoms with van der Waals surface area (Å²) < 4.78 is 5.82. The number of hydrogen-bond acceptors (Lipinski definition) is 3. The van der Waals surface area contributed by atoms with Crippen molar-refractivity contribution in [1.29, 1.82) is 0 Å². The van der Waals surface area contributed by atoms with Gasteiger partial charge in [0.2, 0.25) is 5.88 Å². The Morgan fingerprint density at radius 1 is 1.24 bits per heavy atom. The third-order valence-electron chi connectivity index (χ3n) is 3.63. The molecule has 0 spiro atoms. The third kappa shape index (κ3) is 8.05. The number of ether oxygens (including phenoxy) is 1. The van der Waals surface area contributed by atoms with Crippen LogP contribution in [0.4, 0.5) is 0 Å². The molecule has 0 fully saturated rings. The van der Waals surface area contributed by atoms with Crippen LogP contribution in [0.2, 0.25) is 0 Å². The molecule has 3 nitrogen and oxygen atoms in total. The summed E-state index contributed by atoms with van der Waals surface area (Å²) in [6.07, 6.45) is 6.87. The first kappa shape index (κ1) is 18.0. The molecule has 1 rings (SSSR count). The topological polar surface area (TPSA) is 34.1 Å².